The van der Waals surface area contributed by atoms with Crippen LogP contribution in [0.25, 0.3) is 0 Å². The van der Waals surface area contributed by atoms with Gasteiger partial charge in [0.1, 0.15) is 0 Å². The monoisotopic (exact) mass is 307 g/mol. The minimum absolute atomic E-state index is 0.00979. The highest BCUT2D eigenvalue weighted by molar-refractivity contribution is 6.30. The van der Waals surface area contributed by atoms with E-state index in [1.807, 2.05) is 24.3 Å². The summed E-state index contributed by atoms with van der Waals surface area (Å²) >= 11 is 5.98. The van der Waals surface area contributed by atoms with E-state index in [2.05, 4.69) is 23.7 Å². The summed E-state index contributed by atoms with van der Waals surface area (Å²) in [4.78, 5) is 6.64. The lowest BCUT2D eigenvalue weighted by Gasteiger charge is -2.36. The number of nitrogens with two attached hydrogens (primary N) is 1. The zero-order chi connectivity index (χ0) is 15.3. The van der Waals surface area contributed by atoms with Crippen molar-refractivity contribution >= 4 is 23.2 Å². The fraction of sp³-hybridized carbons (Fsp3) is 0.588. The third-order valence-electron chi connectivity index (χ3n) is 4.25. The molecule has 1 atom stereocenters. The largest absolute Gasteiger partial charge is 0.369 e. The Morgan fingerprint density at radius 3 is 2.52 bits per heavy atom. The van der Waals surface area contributed by atoms with E-state index >= 15 is 0 Å². The van der Waals surface area contributed by atoms with Gasteiger partial charge >= 0.3 is 0 Å². The van der Waals surface area contributed by atoms with Gasteiger partial charge in [-0.05, 0) is 37.6 Å². The molecule has 4 heteroatoms. The summed E-state index contributed by atoms with van der Waals surface area (Å²) in [5.74, 6) is 0.619. The lowest BCUT2D eigenvalue weighted by atomic mass is 9.92. The number of halogens is 1. The molecule has 21 heavy (non-hydrogen) atoms. The second kappa shape index (κ2) is 7.17. The highest BCUT2D eigenvalue weighted by Gasteiger charge is 2.38. The van der Waals surface area contributed by atoms with E-state index < -0.39 is 0 Å². The van der Waals surface area contributed by atoms with E-state index in [-0.39, 0.29) is 5.54 Å². The maximum absolute atomic E-state index is 6.12. The number of hydrogen-bond donors (Lipinski definition) is 1. The predicted molar refractivity (Wildman–Crippen MR) is 92.2 cm³/mol. The summed E-state index contributed by atoms with van der Waals surface area (Å²) in [6, 6.07) is 7.85. The Labute approximate surface area is 133 Å². The average Bonchev–Trinajstić information content (AvgIpc) is 2.76. The van der Waals surface area contributed by atoms with Gasteiger partial charge in [-0.25, -0.2) is 0 Å². The van der Waals surface area contributed by atoms with Crippen LogP contribution in [0.4, 0.5) is 5.69 Å². The molecule has 1 aromatic rings. The molecule has 0 aromatic heterocycles. The Balaban J connectivity index is 2.02. The van der Waals surface area contributed by atoms with Gasteiger partial charge < -0.3 is 10.6 Å². The third kappa shape index (κ3) is 3.91. The third-order valence-corrected chi connectivity index (χ3v) is 4.51. The van der Waals surface area contributed by atoms with Crippen molar-refractivity contribution in [2.75, 3.05) is 11.4 Å². The topological polar surface area (TPSA) is 41.6 Å². The van der Waals surface area contributed by atoms with Crippen LogP contribution in [0.2, 0.25) is 5.02 Å². The summed E-state index contributed by atoms with van der Waals surface area (Å²) in [7, 11) is 0. The Morgan fingerprint density at radius 2 is 1.86 bits per heavy atom. The molecular weight excluding hydrogens is 282 g/mol. The maximum Gasteiger partial charge on any atom is 0.196 e. The molecule has 3 nitrogen and oxygen atoms in total. The van der Waals surface area contributed by atoms with Crippen LogP contribution in [0.5, 0.6) is 0 Å². The maximum atomic E-state index is 6.12. The number of hydrogen-bond acceptors (Lipinski definition) is 3. The summed E-state index contributed by atoms with van der Waals surface area (Å²) in [5.41, 5.74) is 7.19. The van der Waals surface area contributed by atoms with Crippen molar-refractivity contribution in [2.45, 2.75) is 57.9 Å². The molecule has 1 aliphatic heterocycles. The second-order valence-corrected chi connectivity index (χ2v) is 6.58. The van der Waals surface area contributed by atoms with E-state index in [0.29, 0.717) is 5.96 Å². The molecule has 116 valence electrons. The van der Waals surface area contributed by atoms with Crippen molar-refractivity contribution in [1.82, 2.24) is 0 Å². The van der Waals surface area contributed by atoms with E-state index in [0.717, 1.165) is 23.7 Å². The molecule has 1 heterocycles. The van der Waals surface area contributed by atoms with E-state index in [1.54, 1.807) is 0 Å². The highest BCUT2D eigenvalue weighted by atomic mass is 35.5. The minimum Gasteiger partial charge on any atom is -0.369 e. The quantitative estimate of drug-likeness (QED) is 0.748. The Kier molecular flexibility index (Phi) is 5.51. The number of aliphatic imine (C=N–C) groups is 1. The molecular formula is C17H26ClN3. The second-order valence-electron chi connectivity index (χ2n) is 6.15. The van der Waals surface area contributed by atoms with Crippen LogP contribution in [0.1, 0.15) is 52.4 Å². The summed E-state index contributed by atoms with van der Waals surface area (Å²) in [6.07, 6.45) is 7.56. The molecule has 1 aromatic carbocycles. The summed E-state index contributed by atoms with van der Waals surface area (Å²) < 4.78 is 0. The van der Waals surface area contributed by atoms with Gasteiger partial charge in [-0.1, -0.05) is 50.6 Å². The zero-order valence-corrected chi connectivity index (χ0v) is 13.9. The van der Waals surface area contributed by atoms with Crippen LogP contribution >= 0.6 is 11.6 Å². The first kappa shape index (κ1) is 16.2. The lowest BCUT2D eigenvalue weighted by molar-refractivity contribution is 0.433. The van der Waals surface area contributed by atoms with Crippen molar-refractivity contribution in [2.24, 2.45) is 10.7 Å². The van der Waals surface area contributed by atoms with Crippen molar-refractivity contribution < 1.29 is 0 Å². The fourth-order valence-electron chi connectivity index (χ4n) is 3.00. The average molecular weight is 308 g/mol. The molecule has 0 radical (unpaired) electrons. The van der Waals surface area contributed by atoms with Crippen molar-refractivity contribution in [3.63, 3.8) is 0 Å². The molecule has 0 spiro atoms. The molecule has 0 saturated heterocycles. The van der Waals surface area contributed by atoms with Crippen molar-refractivity contribution in [3.8, 4) is 0 Å². The molecule has 0 amide bonds. The van der Waals surface area contributed by atoms with Gasteiger partial charge in [0.25, 0.3) is 0 Å². The molecule has 0 fully saturated rings. The van der Waals surface area contributed by atoms with E-state index in [4.69, 9.17) is 17.3 Å². The van der Waals surface area contributed by atoms with Gasteiger partial charge in [-0.3, -0.25) is 4.99 Å². The normalized spacial score (nSPS) is 21.7. The lowest BCUT2D eigenvalue weighted by Crippen LogP contribution is -2.49. The molecule has 2 N–H and O–H groups in total. The number of rotatable bonds is 7. The number of anilines is 1. The van der Waals surface area contributed by atoms with Gasteiger partial charge in [-0.2, -0.15) is 0 Å². The molecule has 1 unspecified atom stereocenters. The minimum atomic E-state index is -0.00979. The molecule has 1 aliphatic rings. The molecule has 2 rings (SSSR count). The summed E-state index contributed by atoms with van der Waals surface area (Å²) in [5, 5.41) is 0.745. The van der Waals surface area contributed by atoms with Gasteiger partial charge in [0, 0.05) is 10.7 Å². The fourth-order valence-corrected chi connectivity index (χ4v) is 3.13. The molecule has 0 bridgehead atoms. The highest BCUT2D eigenvalue weighted by Crippen LogP contribution is 2.33. The molecule has 0 aliphatic carbocycles. The van der Waals surface area contributed by atoms with Crippen LogP contribution in [-0.4, -0.2) is 18.0 Å². The van der Waals surface area contributed by atoms with E-state index in [1.165, 1.54) is 32.1 Å². The van der Waals surface area contributed by atoms with Crippen LogP contribution in [-0.2, 0) is 0 Å². The Morgan fingerprint density at radius 1 is 1.19 bits per heavy atom. The van der Waals surface area contributed by atoms with Crippen LogP contribution in [0, 0.1) is 0 Å². The van der Waals surface area contributed by atoms with Gasteiger partial charge in [-0.15, -0.1) is 0 Å². The number of benzene rings is 1. The first-order valence-electron chi connectivity index (χ1n) is 7.92. The first-order chi connectivity index (χ1) is 10.1. The predicted octanol–water partition coefficient (Wildman–Crippen LogP) is 4.59. The Hall–Kier alpha value is -1.22. The van der Waals surface area contributed by atoms with Gasteiger partial charge in [0.05, 0.1) is 12.1 Å². The SMILES string of the molecule is CCCCCCCC1(C)CN=C(N)N1c1ccc(Cl)cc1. The standard InChI is InChI=1S/C17H26ClN3/c1-3-4-5-6-7-12-17(2)13-20-16(19)21(17)15-10-8-14(18)9-11-15/h8-11H,3-7,12-13H2,1-2H3,(H2,19,20). The number of unbranched alkanes of at least 4 members (excludes halogenated alkanes) is 4. The summed E-state index contributed by atoms with van der Waals surface area (Å²) in [6.45, 7) is 5.27. The van der Waals surface area contributed by atoms with Gasteiger partial charge in [0.15, 0.2) is 5.96 Å². The van der Waals surface area contributed by atoms with Crippen LogP contribution in [0.15, 0.2) is 29.3 Å². The van der Waals surface area contributed by atoms with Crippen molar-refractivity contribution in [1.29, 1.82) is 0 Å². The zero-order valence-electron chi connectivity index (χ0n) is 13.1. The Bertz CT molecular complexity index is 483. The smallest absolute Gasteiger partial charge is 0.196 e. The van der Waals surface area contributed by atoms with Crippen molar-refractivity contribution in [3.05, 3.63) is 29.3 Å². The van der Waals surface area contributed by atoms with Gasteiger partial charge in [0.2, 0.25) is 0 Å². The number of nitrogens with zero attached hydrogens (tertiary/aromatic N) is 2. The van der Waals surface area contributed by atoms with E-state index in [9.17, 15) is 0 Å². The number of guanidine groups is 1. The van der Waals surface area contributed by atoms with Crippen LogP contribution < -0.4 is 10.6 Å². The first-order valence-corrected chi connectivity index (χ1v) is 8.30. The van der Waals surface area contributed by atoms with Crippen LogP contribution in [0.3, 0.4) is 0 Å². The molecule has 0 saturated carbocycles.